The molecule has 0 aliphatic heterocycles. The number of amides is 1. The van der Waals surface area contributed by atoms with Gasteiger partial charge in [0.1, 0.15) is 5.69 Å². The summed E-state index contributed by atoms with van der Waals surface area (Å²) in [5.41, 5.74) is 0.480. The molecule has 0 spiro atoms. The smallest absolute Gasteiger partial charge is 0.358 e. The van der Waals surface area contributed by atoms with Crippen molar-refractivity contribution in [2.24, 2.45) is 0 Å². The zero-order chi connectivity index (χ0) is 14.5. The van der Waals surface area contributed by atoms with Gasteiger partial charge in [-0.25, -0.2) is 9.48 Å². The molecule has 0 saturated carbocycles. The number of carbonyl (C=O) groups excluding carboxylic acids is 1. The normalized spacial score (nSPS) is 10.4. The molecule has 0 unspecified atom stereocenters. The summed E-state index contributed by atoms with van der Waals surface area (Å²) in [6.07, 6.45) is 3.16. The highest BCUT2D eigenvalue weighted by atomic mass is 16.4. The van der Waals surface area contributed by atoms with E-state index >= 15 is 0 Å². The number of aryl methyl sites for hydroxylation is 1. The number of aromatic nitrogens is 4. The summed E-state index contributed by atoms with van der Waals surface area (Å²) in [5.74, 6) is -1.29. The Morgan fingerprint density at radius 2 is 2.25 bits per heavy atom. The summed E-state index contributed by atoms with van der Waals surface area (Å²) in [6, 6.07) is 3.56. The van der Waals surface area contributed by atoms with Crippen LogP contribution in [0.2, 0.25) is 0 Å². The Hall–Kier alpha value is -2.64. The SMILES string of the molecule is CCn1cccc1C(=O)NCCn1cc(C(=O)O)nn1. The Bertz CT molecular complexity index is 616. The molecule has 0 saturated heterocycles. The molecule has 0 bridgehead atoms. The van der Waals surface area contributed by atoms with Gasteiger partial charge in [0.05, 0.1) is 12.7 Å². The van der Waals surface area contributed by atoms with Gasteiger partial charge in [-0.1, -0.05) is 5.21 Å². The van der Waals surface area contributed by atoms with Crippen molar-refractivity contribution in [3.8, 4) is 0 Å². The van der Waals surface area contributed by atoms with Crippen LogP contribution in [-0.4, -0.2) is 43.1 Å². The van der Waals surface area contributed by atoms with Gasteiger partial charge in [-0.3, -0.25) is 4.79 Å². The summed E-state index contributed by atoms with van der Waals surface area (Å²) >= 11 is 0. The van der Waals surface area contributed by atoms with E-state index < -0.39 is 5.97 Å². The lowest BCUT2D eigenvalue weighted by Crippen LogP contribution is -2.29. The number of rotatable bonds is 6. The van der Waals surface area contributed by atoms with Crippen LogP contribution < -0.4 is 5.32 Å². The minimum atomic E-state index is -1.12. The van der Waals surface area contributed by atoms with Crippen molar-refractivity contribution in [2.75, 3.05) is 6.54 Å². The van der Waals surface area contributed by atoms with Gasteiger partial charge in [-0.15, -0.1) is 5.10 Å². The van der Waals surface area contributed by atoms with Crippen molar-refractivity contribution in [2.45, 2.75) is 20.0 Å². The number of hydrogen-bond donors (Lipinski definition) is 2. The van der Waals surface area contributed by atoms with Gasteiger partial charge in [0, 0.05) is 19.3 Å². The molecule has 2 heterocycles. The lowest BCUT2D eigenvalue weighted by molar-refractivity contribution is 0.0690. The van der Waals surface area contributed by atoms with Crippen molar-refractivity contribution in [3.05, 3.63) is 35.9 Å². The Balaban J connectivity index is 1.86. The highest BCUT2D eigenvalue weighted by molar-refractivity contribution is 5.92. The first-order valence-electron chi connectivity index (χ1n) is 6.18. The fourth-order valence-corrected chi connectivity index (χ4v) is 1.78. The minimum absolute atomic E-state index is 0.115. The number of carbonyl (C=O) groups is 2. The van der Waals surface area contributed by atoms with Crippen molar-refractivity contribution in [3.63, 3.8) is 0 Å². The first kappa shape index (κ1) is 13.8. The molecule has 2 rings (SSSR count). The summed E-state index contributed by atoms with van der Waals surface area (Å²) in [7, 11) is 0. The minimum Gasteiger partial charge on any atom is -0.476 e. The molecular weight excluding hydrogens is 262 g/mol. The summed E-state index contributed by atoms with van der Waals surface area (Å²) in [4.78, 5) is 22.6. The van der Waals surface area contributed by atoms with Gasteiger partial charge in [-0.2, -0.15) is 0 Å². The standard InChI is InChI=1S/C12H15N5O3/c1-2-16-6-3-4-10(16)11(18)13-5-7-17-8-9(12(19)20)14-15-17/h3-4,6,8H,2,5,7H2,1H3,(H,13,18)(H,19,20). The number of nitrogens with zero attached hydrogens (tertiary/aromatic N) is 4. The van der Waals surface area contributed by atoms with Crippen LogP contribution in [0.3, 0.4) is 0 Å². The number of carboxylic acid groups (broad SMARTS) is 1. The maximum Gasteiger partial charge on any atom is 0.358 e. The van der Waals surface area contributed by atoms with E-state index in [0.717, 1.165) is 6.54 Å². The second kappa shape index (κ2) is 6.00. The molecule has 2 aromatic heterocycles. The summed E-state index contributed by atoms with van der Waals surface area (Å²) < 4.78 is 3.22. The van der Waals surface area contributed by atoms with Crippen molar-refractivity contribution in [1.29, 1.82) is 0 Å². The van der Waals surface area contributed by atoms with Crippen molar-refractivity contribution in [1.82, 2.24) is 24.9 Å². The van der Waals surface area contributed by atoms with E-state index in [1.807, 2.05) is 23.8 Å². The van der Waals surface area contributed by atoms with Gasteiger partial charge in [0.15, 0.2) is 5.69 Å². The number of aromatic carboxylic acids is 1. The van der Waals surface area contributed by atoms with Crippen LogP contribution in [0.5, 0.6) is 0 Å². The van der Waals surface area contributed by atoms with Crippen LogP contribution in [-0.2, 0) is 13.1 Å². The third-order valence-electron chi connectivity index (χ3n) is 2.79. The molecular formula is C12H15N5O3. The van der Waals surface area contributed by atoms with E-state index in [1.54, 1.807) is 6.07 Å². The van der Waals surface area contributed by atoms with Crippen LogP contribution in [0.1, 0.15) is 27.9 Å². The monoisotopic (exact) mass is 277 g/mol. The van der Waals surface area contributed by atoms with Gasteiger partial charge in [0.2, 0.25) is 0 Å². The van der Waals surface area contributed by atoms with Gasteiger partial charge in [0.25, 0.3) is 5.91 Å². The van der Waals surface area contributed by atoms with Crippen LogP contribution in [0.4, 0.5) is 0 Å². The topological polar surface area (TPSA) is 102 Å². The molecule has 8 heteroatoms. The van der Waals surface area contributed by atoms with Gasteiger partial charge >= 0.3 is 5.97 Å². The molecule has 0 aliphatic rings. The molecule has 20 heavy (non-hydrogen) atoms. The van der Waals surface area contributed by atoms with Crippen molar-refractivity contribution >= 4 is 11.9 Å². The first-order valence-corrected chi connectivity index (χ1v) is 6.18. The second-order valence-corrected chi connectivity index (χ2v) is 4.11. The summed E-state index contributed by atoms with van der Waals surface area (Å²) in [6.45, 7) is 3.38. The highest BCUT2D eigenvalue weighted by Crippen LogP contribution is 2.01. The van der Waals surface area contributed by atoms with E-state index in [1.165, 1.54) is 10.9 Å². The number of nitrogens with one attached hydrogen (secondary N) is 1. The van der Waals surface area contributed by atoms with E-state index in [2.05, 4.69) is 15.6 Å². The van der Waals surface area contributed by atoms with E-state index in [9.17, 15) is 9.59 Å². The fourth-order valence-electron chi connectivity index (χ4n) is 1.78. The average molecular weight is 277 g/mol. The number of hydrogen-bond acceptors (Lipinski definition) is 4. The zero-order valence-electron chi connectivity index (χ0n) is 11.0. The quantitative estimate of drug-likeness (QED) is 0.786. The molecule has 0 radical (unpaired) electrons. The molecule has 106 valence electrons. The van der Waals surface area contributed by atoms with Crippen LogP contribution >= 0.6 is 0 Å². The maximum absolute atomic E-state index is 11.9. The Labute approximate surface area is 115 Å². The van der Waals surface area contributed by atoms with E-state index in [0.29, 0.717) is 18.8 Å². The Morgan fingerprint density at radius 3 is 2.90 bits per heavy atom. The molecule has 0 aromatic carbocycles. The third kappa shape index (κ3) is 3.02. The average Bonchev–Trinajstić information content (AvgIpc) is 3.07. The van der Waals surface area contributed by atoms with Crippen LogP contribution in [0.15, 0.2) is 24.5 Å². The summed E-state index contributed by atoms with van der Waals surface area (Å²) in [5, 5.41) is 18.6. The highest BCUT2D eigenvalue weighted by Gasteiger charge is 2.10. The Morgan fingerprint density at radius 1 is 1.45 bits per heavy atom. The molecule has 1 amide bonds. The molecule has 2 aromatic rings. The Kier molecular flexibility index (Phi) is 4.14. The lowest BCUT2D eigenvalue weighted by atomic mass is 10.4. The molecule has 0 aliphatic carbocycles. The molecule has 0 atom stereocenters. The lowest BCUT2D eigenvalue weighted by Gasteiger charge is -2.07. The van der Waals surface area contributed by atoms with Gasteiger partial charge < -0.3 is 15.0 Å². The largest absolute Gasteiger partial charge is 0.476 e. The van der Waals surface area contributed by atoms with Crippen LogP contribution in [0, 0.1) is 0 Å². The maximum atomic E-state index is 11.9. The van der Waals surface area contributed by atoms with Crippen LogP contribution in [0.25, 0.3) is 0 Å². The van der Waals surface area contributed by atoms with E-state index in [4.69, 9.17) is 5.11 Å². The first-order chi connectivity index (χ1) is 9.61. The predicted octanol–water partition coefficient (Wildman–Crippen LogP) is 0.228. The molecule has 8 nitrogen and oxygen atoms in total. The number of carboxylic acids is 1. The second-order valence-electron chi connectivity index (χ2n) is 4.11. The molecule has 0 fully saturated rings. The predicted molar refractivity (Wildman–Crippen MR) is 69.4 cm³/mol. The van der Waals surface area contributed by atoms with Crippen molar-refractivity contribution < 1.29 is 14.7 Å². The zero-order valence-corrected chi connectivity index (χ0v) is 11.0. The fraction of sp³-hybridized carbons (Fsp3) is 0.333. The van der Waals surface area contributed by atoms with Gasteiger partial charge in [-0.05, 0) is 19.1 Å². The van der Waals surface area contributed by atoms with E-state index in [-0.39, 0.29) is 11.6 Å². The molecule has 2 N–H and O–H groups in total. The third-order valence-corrected chi connectivity index (χ3v) is 2.79.